The Hall–Kier alpha value is -1.24. The van der Waals surface area contributed by atoms with E-state index in [-0.39, 0.29) is 12.4 Å². The van der Waals surface area contributed by atoms with Crippen molar-refractivity contribution >= 4 is 35.5 Å². The van der Waals surface area contributed by atoms with Crippen LogP contribution in [0.3, 0.4) is 0 Å². The van der Waals surface area contributed by atoms with Gasteiger partial charge < -0.3 is 29.9 Å². The Morgan fingerprint density at radius 1 is 1.28 bits per heavy atom. The summed E-state index contributed by atoms with van der Waals surface area (Å²) in [5.41, 5.74) is 6.58. The predicted octanol–water partition coefficient (Wildman–Crippen LogP) is 0.647. The van der Waals surface area contributed by atoms with Crippen molar-refractivity contribution in [2.45, 2.75) is 45.3 Å². The molecule has 13 heteroatoms. The summed E-state index contributed by atoms with van der Waals surface area (Å²) in [6.07, 6.45) is -0.414. The summed E-state index contributed by atoms with van der Waals surface area (Å²) in [7, 11) is 0. The lowest BCUT2D eigenvalue weighted by atomic mass is 10.1. The number of anilines is 1. The lowest BCUT2D eigenvalue weighted by Crippen LogP contribution is -2.39. The van der Waals surface area contributed by atoms with Crippen LogP contribution in [0.15, 0.2) is 12.7 Å². The van der Waals surface area contributed by atoms with Gasteiger partial charge in [0.05, 0.1) is 12.9 Å². The van der Waals surface area contributed by atoms with E-state index < -0.39 is 31.3 Å². The van der Waals surface area contributed by atoms with Gasteiger partial charge in [0.25, 0.3) is 0 Å². The number of aliphatic hydroxyl groups is 1. The highest BCUT2D eigenvalue weighted by Gasteiger charge is 2.51. The summed E-state index contributed by atoms with van der Waals surface area (Å²) in [4.78, 5) is 24.2. The molecule has 0 radical (unpaired) electrons. The third-order valence-corrected chi connectivity index (χ3v) is 6.53. The van der Waals surface area contributed by atoms with Gasteiger partial charge in [0.1, 0.15) is 30.2 Å². The molecule has 4 rings (SSSR count). The van der Waals surface area contributed by atoms with Crippen LogP contribution in [0.5, 0.6) is 0 Å². The van der Waals surface area contributed by atoms with E-state index in [1.165, 1.54) is 32.3 Å². The molecule has 29 heavy (non-hydrogen) atoms. The van der Waals surface area contributed by atoms with Gasteiger partial charge in [-0.25, -0.2) is 15.0 Å². The van der Waals surface area contributed by atoms with Gasteiger partial charge >= 0.3 is 6.72 Å². The average Bonchev–Trinajstić information content (AvgIpc) is 3.25. The maximum atomic E-state index is 10.4. The van der Waals surface area contributed by atoms with Crippen LogP contribution in [-0.4, -0.2) is 79.0 Å². The Labute approximate surface area is 174 Å². The third-order valence-electron chi connectivity index (χ3n) is 4.97. The molecule has 4 heterocycles. The van der Waals surface area contributed by atoms with Gasteiger partial charge in [-0.1, -0.05) is 20.8 Å². The summed E-state index contributed by atoms with van der Waals surface area (Å²) in [6.45, 7) is 6.85. The molecule has 2 aromatic heterocycles. The number of fused-ring (bicyclic) bond motifs is 2. The summed E-state index contributed by atoms with van der Waals surface area (Å²) in [6, 6.07) is 0. The van der Waals surface area contributed by atoms with E-state index >= 15 is 0 Å². The molecule has 11 nitrogen and oxygen atoms in total. The van der Waals surface area contributed by atoms with Crippen molar-refractivity contribution in [3.05, 3.63) is 12.7 Å². The highest BCUT2D eigenvalue weighted by molar-refractivity contribution is 8.07. The fraction of sp³-hybridized carbons (Fsp3) is 0.688. The summed E-state index contributed by atoms with van der Waals surface area (Å²) >= 11 is 4.80. The van der Waals surface area contributed by atoms with E-state index in [2.05, 4.69) is 40.6 Å². The number of nitrogens with two attached hydrogens (primary N) is 1. The maximum Gasteiger partial charge on any atom is 0.325 e. The number of ether oxygens (including phenoxy) is 1. The predicted molar refractivity (Wildman–Crippen MR) is 110 cm³/mol. The Morgan fingerprint density at radius 2 is 1.97 bits per heavy atom. The monoisotopic (exact) mass is 446 g/mol. The van der Waals surface area contributed by atoms with Gasteiger partial charge in [-0.05, 0) is 31.4 Å². The molecule has 4 N–H and O–H groups in total. The molecule has 0 bridgehead atoms. The SMILES string of the molecule is CCN(CC)CC.Nc1ncnc2c1ncn2C1OC2COP(O)(=S)O[C@@H]2[C@@H]1O. The standard InChI is InChI=1S/C10H12N5O5PS.C6H15N/c11-8-5-9(13-2-12-8)15(3-14-5)10-6(16)7-4(19-10)1-18-21(17,22)20-7;1-4-7(5-2)6-3/h2-4,6-7,10,16H,1H2,(H,17,22)(H2,11,12,13);4-6H2,1-3H3/t4?,6-,7-,10?,21?;/m0./s1. The van der Waals surface area contributed by atoms with Gasteiger partial charge in [-0.2, -0.15) is 0 Å². The van der Waals surface area contributed by atoms with Crippen molar-refractivity contribution in [3.8, 4) is 0 Å². The van der Waals surface area contributed by atoms with Gasteiger partial charge in [-0.15, -0.1) is 0 Å². The number of imidazole rings is 1. The lowest BCUT2D eigenvalue weighted by Gasteiger charge is -2.30. The Morgan fingerprint density at radius 3 is 2.59 bits per heavy atom. The smallest absolute Gasteiger partial charge is 0.325 e. The molecule has 0 amide bonds. The molecule has 162 valence electrons. The number of hydrogen-bond donors (Lipinski definition) is 3. The zero-order chi connectivity index (χ0) is 21.2. The molecule has 2 aromatic rings. The molecular weight excluding hydrogens is 419 g/mol. The second-order valence-corrected chi connectivity index (χ2v) is 9.38. The van der Waals surface area contributed by atoms with Crippen LogP contribution in [0.25, 0.3) is 11.2 Å². The van der Waals surface area contributed by atoms with Crippen molar-refractivity contribution < 1.29 is 23.8 Å². The fourth-order valence-electron chi connectivity index (χ4n) is 3.29. The van der Waals surface area contributed by atoms with Crippen molar-refractivity contribution in [1.82, 2.24) is 24.4 Å². The van der Waals surface area contributed by atoms with E-state index in [0.29, 0.717) is 11.2 Å². The van der Waals surface area contributed by atoms with Gasteiger partial charge in [0.15, 0.2) is 17.7 Å². The number of aliphatic hydroxyl groups excluding tert-OH is 1. The minimum absolute atomic E-state index is 0.0513. The minimum atomic E-state index is -3.33. The molecule has 2 aliphatic heterocycles. The van der Waals surface area contributed by atoms with Gasteiger partial charge in [-0.3, -0.25) is 9.09 Å². The van der Waals surface area contributed by atoms with Gasteiger partial charge in [0.2, 0.25) is 0 Å². The van der Waals surface area contributed by atoms with Crippen molar-refractivity contribution in [2.24, 2.45) is 0 Å². The molecular formula is C16H27N6O5PS. The number of aromatic nitrogens is 4. The van der Waals surface area contributed by atoms with Crippen LogP contribution in [0, 0.1) is 0 Å². The van der Waals surface area contributed by atoms with Crippen LogP contribution >= 0.6 is 6.72 Å². The molecule has 0 aliphatic carbocycles. The van der Waals surface area contributed by atoms with Crippen LogP contribution < -0.4 is 5.73 Å². The van der Waals surface area contributed by atoms with E-state index in [1.54, 1.807) is 4.57 Å². The van der Waals surface area contributed by atoms with Gasteiger partial charge in [0, 0.05) is 0 Å². The molecule has 0 spiro atoms. The highest BCUT2D eigenvalue weighted by Crippen LogP contribution is 2.52. The number of nitrogen functional groups attached to an aromatic ring is 1. The van der Waals surface area contributed by atoms with Crippen molar-refractivity contribution in [1.29, 1.82) is 0 Å². The lowest BCUT2D eigenvalue weighted by molar-refractivity contribution is -0.0593. The normalized spacial score (nSPS) is 31.5. The first-order valence-corrected chi connectivity index (χ1v) is 12.0. The number of hydrogen-bond acceptors (Lipinski definition) is 10. The largest absolute Gasteiger partial charge is 0.386 e. The molecule has 2 saturated heterocycles. The Balaban J connectivity index is 0.000000298. The molecule has 5 atom stereocenters. The van der Waals surface area contributed by atoms with Crippen molar-refractivity contribution in [2.75, 3.05) is 32.0 Å². The van der Waals surface area contributed by atoms with Crippen LogP contribution in [0.4, 0.5) is 5.82 Å². The Bertz CT molecular complexity index is 875. The summed E-state index contributed by atoms with van der Waals surface area (Å²) in [5.74, 6) is 0.235. The van der Waals surface area contributed by atoms with E-state index in [1.807, 2.05) is 0 Å². The molecule has 2 fully saturated rings. The Kier molecular flexibility index (Phi) is 7.18. The molecule has 2 aliphatic rings. The second-order valence-electron chi connectivity index (χ2n) is 6.59. The molecule has 3 unspecified atom stereocenters. The fourth-order valence-corrected chi connectivity index (χ4v) is 4.74. The summed E-state index contributed by atoms with van der Waals surface area (Å²) in [5, 5.41) is 10.4. The first-order valence-electron chi connectivity index (χ1n) is 9.45. The van der Waals surface area contributed by atoms with Crippen LogP contribution in [0.1, 0.15) is 27.0 Å². The minimum Gasteiger partial charge on any atom is -0.386 e. The zero-order valence-electron chi connectivity index (χ0n) is 16.6. The van der Waals surface area contributed by atoms with E-state index in [9.17, 15) is 10.00 Å². The third kappa shape index (κ3) is 4.75. The van der Waals surface area contributed by atoms with E-state index in [4.69, 9.17) is 31.3 Å². The second kappa shape index (κ2) is 9.27. The zero-order valence-corrected chi connectivity index (χ0v) is 18.3. The van der Waals surface area contributed by atoms with E-state index in [0.717, 1.165) is 0 Å². The molecule has 0 aromatic carbocycles. The topological polar surface area (TPSA) is 141 Å². The maximum absolute atomic E-state index is 10.4. The first kappa shape index (κ1) is 22.4. The highest BCUT2D eigenvalue weighted by atomic mass is 32.5. The van der Waals surface area contributed by atoms with Crippen molar-refractivity contribution in [3.63, 3.8) is 0 Å². The molecule has 0 saturated carbocycles. The van der Waals surface area contributed by atoms with Crippen LogP contribution in [-0.2, 0) is 25.6 Å². The average molecular weight is 446 g/mol. The quantitative estimate of drug-likeness (QED) is 0.570. The number of rotatable bonds is 4. The summed E-state index contributed by atoms with van der Waals surface area (Å²) < 4.78 is 17.6. The first-order chi connectivity index (χ1) is 13.8. The number of nitrogens with zero attached hydrogens (tertiary/aromatic N) is 5. The van der Waals surface area contributed by atoms with Crippen LogP contribution in [0.2, 0.25) is 0 Å².